The molecule has 9 nitrogen and oxygen atoms in total. The summed E-state index contributed by atoms with van der Waals surface area (Å²) in [5, 5.41) is 19.2. The van der Waals surface area contributed by atoms with Crippen LogP contribution in [0.1, 0.15) is 19.4 Å². The van der Waals surface area contributed by atoms with E-state index in [9.17, 15) is 19.7 Å². The summed E-state index contributed by atoms with van der Waals surface area (Å²) in [6.45, 7) is 3.79. The van der Waals surface area contributed by atoms with Crippen molar-refractivity contribution in [3.05, 3.63) is 51.7 Å². The second-order valence-electron chi connectivity index (χ2n) is 6.53. The average Bonchev–Trinajstić information content (AvgIpc) is 2.98. The molecule has 0 aromatic heterocycles. The number of benzene rings is 1. The van der Waals surface area contributed by atoms with E-state index in [0.717, 1.165) is 0 Å². The molecule has 0 bridgehead atoms. The molecule has 0 aliphatic carbocycles. The van der Waals surface area contributed by atoms with Crippen LogP contribution in [-0.4, -0.2) is 58.4 Å². The number of nitro groups is 1. The number of methoxy groups -OCH3 is 2. The molecule has 0 spiro atoms. The van der Waals surface area contributed by atoms with Gasteiger partial charge >= 0.3 is 11.9 Å². The van der Waals surface area contributed by atoms with Crippen molar-refractivity contribution in [2.24, 2.45) is 0 Å². The second-order valence-corrected chi connectivity index (χ2v) is 8.13. The van der Waals surface area contributed by atoms with E-state index in [1.165, 1.54) is 56.4 Å². The number of carbonyl (C=O) groups is 2. The van der Waals surface area contributed by atoms with Crippen LogP contribution in [0.3, 0.4) is 0 Å². The maximum absolute atomic E-state index is 12.3. The summed E-state index contributed by atoms with van der Waals surface area (Å²) in [6.07, 6.45) is 1.42. The Hall–Kier alpha value is -2.88. The van der Waals surface area contributed by atoms with E-state index in [0.29, 0.717) is 11.4 Å². The molecule has 1 aliphatic rings. The van der Waals surface area contributed by atoms with E-state index in [1.807, 2.05) is 13.8 Å². The molecule has 0 unspecified atom stereocenters. The predicted molar refractivity (Wildman–Crippen MR) is 104 cm³/mol. The molecule has 1 N–H and O–H groups in total. The Morgan fingerprint density at radius 1 is 1.29 bits per heavy atom. The molecule has 1 aromatic rings. The SMILES string of the molecule is COC(=O)/C(=C\N1CSC(C)(C)[C@@H]1C(=O)OC)C(=N)c1ccc([N+](=O)[O-])cc1. The zero-order valence-corrected chi connectivity index (χ0v) is 16.7. The van der Waals surface area contributed by atoms with Gasteiger partial charge in [-0.1, -0.05) is 0 Å². The van der Waals surface area contributed by atoms with Crippen LogP contribution in [0.4, 0.5) is 5.69 Å². The molecule has 1 aromatic carbocycles. The summed E-state index contributed by atoms with van der Waals surface area (Å²) in [5.41, 5.74) is -0.0461. The van der Waals surface area contributed by atoms with Crippen LogP contribution in [0.5, 0.6) is 0 Å². The van der Waals surface area contributed by atoms with Gasteiger partial charge in [0.1, 0.15) is 11.6 Å². The minimum atomic E-state index is -0.748. The Morgan fingerprint density at radius 3 is 2.39 bits per heavy atom. The van der Waals surface area contributed by atoms with Crippen molar-refractivity contribution >= 4 is 35.1 Å². The lowest BCUT2D eigenvalue weighted by molar-refractivity contribution is -0.384. The zero-order chi connectivity index (χ0) is 21.1. The quantitative estimate of drug-likeness (QED) is 0.251. The van der Waals surface area contributed by atoms with Gasteiger partial charge in [-0.2, -0.15) is 0 Å². The topological polar surface area (TPSA) is 123 Å². The van der Waals surface area contributed by atoms with Crippen molar-refractivity contribution in [3.63, 3.8) is 0 Å². The summed E-state index contributed by atoms with van der Waals surface area (Å²) < 4.78 is 9.23. The lowest BCUT2D eigenvalue weighted by atomic mass is 10.00. The first-order valence-electron chi connectivity index (χ1n) is 8.23. The van der Waals surface area contributed by atoms with Crippen molar-refractivity contribution in [1.82, 2.24) is 4.90 Å². The van der Waals surface area contributed by atoms with Crippen molar-refractivity contribution < 1.29 is 24.0 Å². The van der Waals surface area contributed by atoms with E-state index >= 15 is 0 Å². The molecule has 1 heterocycles. The number of nitro benzene ring substituents is 1. The molecule has 1 aliphatic heterocycles. The number of carbonyl (C=O) groups excluding carboxylic acids is 2. The molecule has 150 valence electrons. The number of nitrogens with one attached hydrogen (secondary N) is 1. The Labute approximate surface area is 166 Å². The fourth-order valence-corrected chi connectivity index (χ4v) is 3.93. The monoisotopic (exact) mass is 407 g/mol. The van der Waals surface area contributed by atoms with Crippen molar-refractivity contribution in [2.75, 3.05) is 20.1 Å². The van der Waals surface area contributed by atoms with Crippen LogP contribution in [0.2, 0.25) is 0 Å². The molecule has 0 saturated carbocycles. The molecule has 1 saturated heterocycles. The van der Waals surface area contributed by atoms with Gasteiger partial charge in [0.15, 0.2) is 0 Å². The first-order chi connectivity index (χ1) is 13.1. The minimum Gasteiger partial charge on any atom is -0.467 e. The third kappa shape index (κ3) is 4.33. The van der Waals surface area contributed by atoms with Crippen molar-refractivity contribution in [3.8, 4) is 0 Å². The Morgan fingerprint density at radius 2 is 1.89 bits per heavy atom. The largest absolute Gasteiger partial charge is 0.467 e. The standard InChI is InChI=1S/C18H21N3O6S/c1-18(2)15(17(23)27-4)20(10-28-18)9-13(16(22)26-3)14(19)11-5-7-12(8-6-11)21(24)25/h5-9,15,19H,10H2,1-4H3/b13-9-,19-14?/t15-/m0/s1. The maximum atomic E-state index is 12.3. The number of hydrogen-bond acceptors (Lipinski definition) is 9. The highest BCUT2D eigenvalue weighted by atomic mass is 32.2. The first-order valence-corrected chi connectivity index (χ1v) is 9.22. The number of nitrogens with zero attached hydrogens (tertiary/aromatic N) is 2. The van der Waals surface area contributed by atoms with Crippen LogP contribution in [0.25, 0.3) is 0 Å². The Balaban J connectivity index is 2.42. The fraction of sp³-hybridized carbons (Fsp3) is 0.389. The third-order valence-corrected chi connectivity index (χ3v) is 5.73. The van der Waals surface area contributed by atoms with Gasteiger partial charge in [0.05, 0.1) is 30.7 Å². The van der Waals surface area contributed by atoms with Gasteiger partial charge in [-0.15, -0.1) is 11.8 Å². The third-order valence-electron chi connectivity index (χ3n) is 4.34. The number of ether oxygens (including phenoxy) is 2. The second kappa shape index (κ2) is 8.42. The molecule has 1 atom stereocenters. The van der Waals surface area contributed by atoms with E-state index < -0.39 is 27.7 Å². The number of rotatable bonds is 6. The molecule has 2 rings (SSSR count). The predicted octanol–water partition coefficient (Wildman–Crippen LogP) is 2.35. The molecule has 1 fully saturated rings. The molecular formula is C18H21N3O6S. The van der Waals surface area contributed by atoms with Gasteiger partial charge in [-0.3, -0.25) is 15.5 Å². The summed E-state index contributed by atoms with van der Waals surface area (Å²) in [7, 11) is 2.49. The van der Waals surface area contributed by atoms with E-state index in [1.54, 1.807) is 4.90 Å². The Bertz CT molecular complexity index is 834. The minimum absolute atomic E-state index is 0.0662. The van der Waals surface area contributed by atoms with Crippen LogP contribution >= 0.6 is 11.8 Å². The normalized spacial score (nSPS) is 18.5. The van der Waals surface area contributed by atoms with Gasteiger partial charge in [0.25, 0.3) is 5.69 Å². The summed E-state index contributed by atoms with van der Waals surface area (Å²) in [6, 6.07) is 4.64. The lowest BCUT2D eigenvalue weighted by Crippen LogP contribution is -2.45. The summed E-state index contributed by atoms with van der Waals surface area (Å²) in [4.78, 5) is 36.5. The van der Waals surface area contributed by atoms with Gasteiger partial charge < -0.3 is 14.4 Å². The maximum Gasteiger partial charge on any atom is 0.341 e. The highest BCUT2D eigenvalue weighted by molar-refractivity contribution is 8.00. The van der Waals surface area contributed by atoms with E-state index in [2.05, 4.69) is 0 Å². The molecule has 0 radical (unpaired) electrons. The zero-order valence-electron chi connectivity index (χ0n) is 15.9. The highest BCUT2D eigenvalue weighted by Gasteiger charge is 2.46. The van der Waals surface area contributed by atoms with Crippen molar-refractivity contribution in [2.45, 2.75) is 24.6 Å². The number of thioether (sulfide) groups is 1. The molecule has 28 heavy (non-hydrogen) atoms. The summed E-state index contributed by atoms with van der Waals surface area (Å²) in [5.74, 6) is -0.778. The average molecular weight is 407 g/mol. The van der Waals surface area contributed by atoms with Gasteiger partial charge in [-0.25, -0.2) is 9.59 Å². The Kier molecular flexibility index (Phi) is 6.45. The molecule has 10 heteroatoms. The summed E-state index contributed by atoms with van der Waals surface area (Å²) >= 11 is 1.52. The van der Waals surface area contributed by atoms with E-state index in [-0.39, 0.29) is 17.0 Å². The fourth-order valence-electron chi connectivity index (χ4n) is 2.84. The van der Waals surface area contributed by atoms with Gasteiger partial charge in [-0.05, 0) is 26.0 Å². The molecule has 0 amide bonds. The lowest BCUT2D eigenvalue weighted by Gasteiger charge is -2.28. The van der Waals surface area contributed by atoms with Crippen LogP contribution < -0.4 is 0 Å². The van der Waals surface area contributed by atoms with Crippen LogP contribution in [0, 0.1) is 15.5 Å². The molecular weight excluding hydrogens is 386 g/mol. The van der Waals surface area contributed by atoms with Crippen molar-refractivity contribution in [1.29, 1.82) is 5.41 Å². The smallest absolute Gasteiger partial charge is 0.341 e. The van der Waals surface area contributed by atoms with E-state index in [4.69, 9.17) is 14.9 Å². The number of hydrogen-bond donors (Lipinski definition) is 1. The number of non-ortho nitro benzene ring substituents is 1. The first kappa shape index (κ1) is 21.4. The van der Waals surface area contributed by atoms with Crippen LogP contribution in [0.15, 0.2) is 36.0 Å². The highest BCUT2D eigenvalue weighted by Crippen LogP contribution is 2.40. The number of esters is 2. The van der Waals surface area contributed by atoms with Gasteiger partial charge in [0, 0.05) is 28.6 Å². The van der Waals surface area contributed by atoms with Crippen LogP contribution in [-0.2, 0) is 19.1 Å². The van der Waals surface area contributed by atoms with Gasteiger partial charge in [0.2, 0.25) is 0 Å².